The number of benzene rings is 2. The fourth-order valence-corrected chi connectivity index (χ4v) is 4.82. The van der Waals surface area contributed by atoms with Gasteiger partial charge in [-0.1, -0.05) is 45.0 Å². The van der Waals surface area contributed by atoms with Gasteiger partial charge in [0.05, 0.1) is 30.9 Å². The molecular formula is C30H38N2O5. The second kappa shape index (κ2) is 11.1. The Kier molecular flexibility index (Phi) is 8.05. The van der Waals surface area contributed by atoms with E-state index in [2.05, 4.69) is 25.7 Å². The molecule has 0 spiro atoms. The number of morpholine rings is 1. The number of hydrogen-bond donors (Lipinski definition) is 1. The Morgan fingerprint density at radius 3 is 2.19 bits per heavy atom. The van der Waals surface area contributed by atoms with Crippen LogP contribution in [0.3, 0.4) is 0 Å². The van der Waals surface area contributed by atoms with Crippen molar-refractivity contribution < 1.29 is 24.2 Å². The van der Waals surface area contributed by atoms with Gasteiger partial charge < -0.3 is 19.5 Å². The van der Waals surface area contributed by atoms with Crippen LogP contribution in [0.4, 0.5) is 0 Å². The monoisotopic (exact) mass is 506 g/mol. The average molecular weight is 507 g/mol. The van der Waals surface area contributed by atoms with Gasteiger partial charge in [-0.15, -0.1) is 0 Å². The Hall–Kier alpha value is -3.16. The first-order valence-corrected chi connectivity index (χ1v) is 13.0. The van der Waals surface area contributed by atoms with Gasteiger partial charge in [0.15, 0.2) is 0 Å². The molecule has 198 valence electrons. The lowest BCUT2D eigenvalue weighted by atomic mass is 9.85. The van der Waals surface area contributed by atoms with Crippen molar-refractivity contribution in [2.75, 3.05) is 39.4 Å². The Morgan fingerprint density at radius 2 is 1.62 bits per heavy atom. The SMILES string of the molecule is CC(C)Oc1ccc(/C(O)=C2/C(=O)C(=O)N(CCN3CCOCC3)C2c2ccc(C(C)(C)C)cc2)cc1. The van der Waals surface area contributed by atoms with Crippen LogP contribution in [0.2, 0.25) is 0 Å². The summed E-state index contributed by atoms with van der Waals surface area (Å²) < 4.78 is 11.1. The molecule has 1 amide bonds. The number of carbonyl (C=O) groups is 2. The van der Waals surface area contributed by atoms with E-state index in [0.29, 0.717) is 37.6 Å². The van der Waals surface area contributed by atoms with Gasteiger partial charge in [0.1, 0.15) is 11.5 Å². The highest BCUT2D eigenvalue weighted by atomic mass is 16.5. The molecule has 2 saturated heterocycles. The van der Waals surface area contributed by atoms with Crippen molar-refractivity contribution >= 4 is 17.4 Å². The van der Waals surface area contributed by atoms with E-state index < -0.39 is 17.7 Å². The molecule has 2 heterocycles. The molecule has 4 rings (SSSR count). The third kappa shape index (κ3) is 6.05. The minimum atomic E-state index is -0.665. The van der Waals surface area contributed by atoms with Crippen molar-refractivity contribution in [1.29, 1.82) is 0 Å². The Morgan fingerprint density at radius 1 is 1.00 bits per heavy atom. The lowest BCUT2D eigenvalue weighted by molar-refractivity contribution is -0.140. The van der Waals surface area contributed by atoms with E-state index in [4.69, 9.17) is 9.47 Å². The van der Waals surface area contributed by atoms with Gasteiger partial charge in [0.25, 0.3) is 11.7 Å². The van der Waals surface area contributed by atoms with Gasteiger partial charge in [-0.25, -0.2) is 0 Å². The largest absolute Gasteiger partial charge is 0.507 e. The van der Waals surface area contributed by atoms with Crippen LogP contribution in [0.5, 0.6) is 5.75 Å². The Bertz CT molecular complexity index is 1140. The van der Waals surface area contributed by atoms with Gasteiger partial charge in [-0.3, -0.25) is 14.5 Å². The smallest absolute Gasteiger partial charge is 0.295 e. The van der Waals surface area contributed by atoms with Crippen LogP contribution in [0.15, 0.2) is 54.1 Å². The number of ether oxygens (including phenoxy) is 2. The molecule has 1 unspecified atom stereocenters. The van der Waals surface area contributed by atoms with E-state index in [0.717, 1.165) is 24.2 Å². The number of nitrogens with zero attached hydrogens (tertiary/aromatic N) is 2. The van der Waals surface area contributed by atoms with Crippen molar-refractivity contribution in [1.82, 2.24) is 9.80 Å². The molecule has 1 atom stereocenters. The summed E-state index contributed by atoms with van der Waals surface area (Å²) in [6.45, 7) is 14.2. The molecule has 2 aliphatic heterocycles. The lowest BCUT2D eigenvalue weighted by Crippen LogP contribution is -2.42. The third-order valence-corrected chi connectivity index (χ3v) is 6.89. The van der Waals surface area contributed by atoms with E-state index in [9.17, 15) is 14.7 Å². The molecule has 2 aliphatic rings. The van der Waals surface area contributed by atoms with E-state index >= 15 is 0 Å². The summed E-state index contributed by atoms with van der Waals surface area (Å²) in [7, 11) is 0. The second-order valence-corrected chi connectivity index (χ2v) is 11.0. The molecule has 2 aromatic rings. The molecule has 7 nitrogen and oxygen atoms in total. The topological polar surface area (TPSA) is 79.3 Å². The highest BCUT2D eigenvalue weighted by molar-refractivity contribution is 6.46. The third-order valence-electron chi connectivity index (χ3n) is 6.89. The number of rotatable bonds is 7. The predicted octanol–water partition coefficient (Wildman–Crippen LogP) is 4.53. The first-order chi connectivity index (χ1) is 17.6. The summed E-state index contributed by atoms with van der Waals surface area (Å²) in [6, 6.07) is 14.3. The quantitative estimate of drug-likeness (QED) is 0.338. The maximum Gasteiger partial charge on any atom is 0.295 e. The lowest BCUT2D eigenvalue weighted by Gasteiger charge is -2.31. The number of aliphatic hydroxyl groups is 1. The molecule has 0 aliphatic carbocycles. The molecular weight excluding hydrogens is 468 g/mol. The van der Waals surface area contributed by atoms with Crippen LogP contribution in [-0.4, -0.2) is 72.1 Å². The number of Topliss-reactive ketones (excluding diaryl/α,β-unsaturated/α-hetero) is 1. The normalized spacial score (nSPS) is 20.6. The molecule has 37 heavy (non-hydrogen) atoms. The fraction of sp³-hybridized carbons (Fsp3) is 0.467. The van der Waals surface area contributed by atoms with Gasteiger partial charge in [-0.05, 0) is 54.7 Å². The van der Waals surface area contributed by atoms with Crippen LogP contribution in [0, 0.1) is 0 Å². The minimum Gasteiger partial charge on any atom is -0.507 e. The van der Waals surface area contributed by atoms with Gasteiger partial charge in [0, 0.05) is 31.7 Å². The van der Waals surface area contributed by atoms with Crippen molar-refractivity contribution in [3.05, 3.63) is 70.8 Å². The number of hydrogen-bond acceptors (Lipinski definition) is 6. The summed E-state index contributed by atoms with van der Waals surface area (Å²) in [5.41, 5.74) is 2.51. The van der Waals surface area contributed by atoms with Crippen LogP contribution in [-0.2, 0) is 19.7 Å². The van der Waals surface area contributed by atoms with Crippen molar-refractivity contribution in [3.8, 4) is 5.75 Å². The zero-order chi connectivity index (χ0) is 26.7. The summed E-state index contributed by atoms with van der Waals surface area (Å²) >= 11 is 0. The van der Waals surface area contributed by atoms with E-state index in [1.807, 2.05) is 38.1 Å². The van der Waals surface area contributed by atoms with Crippen LogP contribution in [0.1, 0.15) is 57.4 Å². The summed E-state index contributed by atoms with van der Waals surface area (Å²) in [4.78, 5) is 30.4. The van der Waals surface area contributed by atoms with Crippen molar-refractivity contribution in [2.45, 2.75) is 52.2 Å². The standard InChI is InChI=1S/C30H38N2O5/c1-20(2)37-24-12-8-22(9-13-24)27(33)25-26(21-6-10-23(11-7-21)30(3,4)5)32(29(35)28(25)34)15-14-31-16-18-36-19-17-31/h6-13,20,26,33H,14-19H2,1-5H3/b27-25-. The molecule has 0 saturated carbocycles. The zero-order valence-electron chi connectivity index (χ0n) is 22.5. The van der Waals surface area contributed by atoms with Gasteiger partial charge in [-0.2, -0.15) is 0 Å². The van der Waals surface area contributed by atoms with Crippen LogP contribution < -0.4 is 4.74 Å². The molecule has 0 bridgehead atoms. The highest BCUT2D eigenvalue weighted by Gasteiger charge is 2.46. The maximum atomic E-state index is 13.3. The molecule has 2 fully saturated rings. The van der Waals surface area contributed by atoms with E-state index in [1.165, 1.54) is 0 Å². The van der Waals surface area contributed by atoms with Gasteiger partial charge in [0.2, 0.25) is 0 Å². The molecule has 2 aromatic carbocycles. The number of carbonyl (C=O) groups excluding carboxylic acids is 2. The number of ketones is 1. The summed E-state index contributed by atoms with van der Waals surface area (Å²) in [5.74, 6) is -0.744. The van der Waals surface area contributed by atoms with Crippen LogP contribution in [0.25, 0.3) is 5.76 Å². The van der Waals surface area contributed by atoms with Crippen LogP contribution >= 0.6 is 0 Å². The molecule has 0 radical (unpaired) electrons. The average Bonchev–Trinajstić information content (AvgIpc) is 3.12. The van der Waals surface area contributed by atoms with E-state index in [1.54, 1.807) is 29.2 Å². The first kappa shape index (κ1) is 26.9. The Labute approximate surface area is 219 Å². The van der Waals surface area contributed by atoms with Crippen molar-refractivity contribution in [3.63, 3.8) is 0 Å². The van der Waals surface area contributed by atoms with Crippen molar-refractivity contribution in [2.24, 2.45) is 0 Å². The predicted molar refractivity (Wildman–Crippen MR) is 144 cm³/mol. The molecule has 1 N–H and O–H groups in total. The summed E-state index contributed by atoms with van der Waals surface area (Å²) in [6.07, 6.45) is 0.0207. The molecule has 0 aromatic heterocycles. The van der Waals surface area contributed by atoms with E-state index in [-0.39, 0.29) is 22.9 Å². The number of likely N-dealkylation sites (tertiary alicyclic amines) is 1. The number of amides is 1. The highest BCUT2D eigenvalue weighted by Crippen LogP contribution is 2.40. The first-order valence-electron chi connectivity index (χ1n) is 13.0. The maximum absolute atomic E-state index is 13.3. The number of aliphatic hydroxyl groups excluding tert-OH is 1. The fourth-order valence-electron chi connectivity index (χ4n) is 4.82. The molecule has 7 heteroatoms. The Balaban J connectivity index is 1.72. The zero-order valence-corrected chi connectivity index (χ0v) is 22.5. The summed E-state index contributed by atoms with van der Waals surface area (Å²) in [5, 5.41) is 11.3. The van der Waals surface area contributed by atoms with Gasteiger partial charge >= 0.3 is 0 Å². The minimum absolute atomic E-state index is 0.0207. The second-order valence-electron chi connectivity index (χ2n) is 11.0.